The Morgan fingerprint density at radius 3 is 3.05 bits per heavy atom. The molecule has 2 fully saturated rings. The maximum Gasteiger partial charge on any atom is 0.308 e. The molecule has 6 heteroatoms. The highest BCUT2D eigenvalue weighted by Gasteiger charge is 2.50. The van der Waals surface area contributed by atoms with Crippen molar-refractivity contribution in [2.45, 2.75) is 44.7 Å². The van der Waals surface area contributed by atoms with Crippen LogP contribution in [0.25, 0.3) is 10.2 Å². The summed E-state index contributed by atoms with van der Waals surface area (Å²) < 4.78 is 0. The van der Waals surface area contributed by atoms with Crippen LogP contribution in [0.15, 0.2) is 12.4 Å². The minimum atomic E-state index is -0.669. The molecular weight excluding hydrogens is 286 g/mol. The summed E-state index contributed by atoms with van der Waals surface area (Å²) in [6, 6.07) is 2.58. The Bertz CT molecular complexity index is 714. The van der Waals surface area contributed by atoms with Crippen LogP contribution < -0.4 is 4.90 Å². The lowest BCUT2D eigenvalue weighted by Gasteiger charge is -2.24. The molecule has 3 atom stereocenters. The number of aromatic nitrogens is 2. The number of hydrogen-bond donors (Lipinski definition) is 1. The Kier molecular flexibility index (Phi) is 2.89. The van der Waals surface area contributed by atoms with Gasteiger partial charge in [-0.15, -0.1) is 11.3 Å². The second-order valence-corrected chi connectivity index (χ2v) is 6.98. The van der Waals surface area contributed by atoms with Crippen molar-refractivity contribution in [1.82, 2.24) is 9.97 Å². The van der Waals surface area contributed by atoms with Crippen molar-refractivity contribution >= 4 is 33.3 Å². The van der Waals surface area contributed by atoms with Gasteiger partial charge in [-0.05, 0) is 31.7 Å². The number of carboxylic acid groups (broad SMARTS) is 1. The molecular formula is C15H17N3O2S. The van der Waals surface area contributed by atoms with E-state index < -0.39 is 5.97 Å². The highest BCUT2D eigenvalue weighted by Crippen LogP contribution is 2.46. The zero-order valence-electron chi connectivity index (χ0n) is 11.8. The van der Waals surface area contributed by atoms with Crippen molar-refractivity contribution in [1.29, 1.82) is 0 Å². The fraction of sp³-hybridized carbons (Fsp3) is 0.533. The van der Waals surface area contributed by atoms with E-state index in [2.05, 4.69) is 27.9 Å². The SMILES string of the molecule is CCc1cc2c(N3C4CCC3C(C(=O)O)C4)ncnc2s1. The smallest absolute Gasteiger partial charge is 0.308 e. The first-order valence-electron chi connectivity index (χ1n) is 7.43. The highest BCUT2D eigenvalue weighted by molar-refractivity contribution is 7.18. The normalized spacial score (nSPS) is 27.7. The van der Waals surface area contributed by atoms with E-state index in [0.717, 1.165) is 41.7 Å². The number of carboxylic acids is 1. The molecule has 5 nitrogen and oxygen atoms in total. The number of carbonyl (C=O) groups is 1. The van der Waals surface area contributed by atoms with Crippen LogP contribution in [0, 0.1) is 5.92 Å². The Balaban J connectivity index is 1.80. The zero-order valence-corrected chi connectivity index (χ0v) is 12.6. The molecule has 1 N–H and O–H groups in total. The van der Waals surface area contributed by atoms with Gasteiger partial charge in [0, 0.05) is 17.0 Å². The fourth-order valence-corrected chi connectivity index (χ4v) is 4.79. The molecule has 2 aliphatic heterocycles. The maximum atomic E-state index is 11.4. The van der Waals surface area contributed by atoms with Gasteiger partial charge >= 0.3 is 5.97 Å². The summed E-state index contributed by atoms with van der Waals surface area (Å²) in [6.45, 7) is 2.14. The summed E-state index contributed by atoms with van der Waals surface area (Å²) >= 11 is 1.71. The lowest BCUT2D eigenvalue weighted by molar-refractivity contribution is -0.142. The van der Waals surface area contributed by atoms with E-state index in [0.29, 0.717) is 6.04 Å². The van der Waals surface area contributed by atoms with Crippen molar-refractivity contribution in [2.24, 2.45) is 5.92 Å². The second-order valence-electron chi connectivity index (χ2n) is 5.87. The zero-order chi connectivity index (χ0) is 14.6. The molecule has 0 saturated carbocycles. The Hall–Kier alpha value is -1.69. The summed E-state index contributed by atoms with van der Waals surface area (Å²) in [6.07, 6.45) is 5.38. The molecule has 0 aromatic carbocycles. The first-order chi connectivity index (χ1) is 10.2. The van der Waals surface area contributed by atoms with Crippen LogP contribution in [-0.2, 0) is 11.2 Å². The van der Waals surface area contributed by atoms with Gasteiger partial charge in [-0.25, -0.2) is 9.97 Å². The van der Waals surface area contributed by atoms with Gasteiger partial charge in [0.15, 0.2) is 0 Å². The van der Waals surface area contributed by atoms with Crippen LogP contribution in [-0.4, -0.2) is 33.1 Å². The lowest BCUT2D eigenvalue weighted by Crippen LogP contribution is -2.33. The van der Waals surface area contributed by atoms with Gasteiger partial charge in [-0.3, -0.25) is 4.79 Å². The molecule has 0 radical (unpaired) electrons. The molecule has 0 aliphatic carbocycles. The molecule has 21 heavy (non-hydrogen) atoms. The van der Waals surface area contributed by atoms with Crippen LogP contribution in [0.4, 0.5) is 5.82 Å². The number of nitrogens with zero attached hydrogens (tertiary/aromatic N) is 3. The van der Waals surface area contributed by atoms with E-state index in [-0.39, 0.29) is 12.0 Å². The predicted octanol–water partition coefficient (Wildman–Crippen LogP) is 2.70. The van der Waals surface area contributed by atoms with Crippen molar-refractivity contribution in [3.05, 3.63) is 17.3 Å². The molecule has 110 valence electrons. The average Bonchev–Trinajstić information content (AvgIpc) is 3.18. The minimum absolute atomic E-state index is 0.0931. The molecule has 4 rings (SSSR count). The minimum Gasteiger partial charge on any atom is -0.481 e. The Morgan fingerprint density at radius 2 is 2.33 bits per heavy atom. The summed E-state index contributed by atoms with van der Waals surface area (Å²) in [5.41, 5.74) is 0. The third-order valence-electron chi connectivity index (χ3n) is 4.81. The maximum absolute atomic E-state index is 11.4. The molecule has 0 amide bonds. The summed E-state index contributed by atoms with van der Waals surface area (Å²) in [5, 5.41) is 10.5. The van der Waals surface area contributed by atoms with Gasteiger partial charge in [-0.1, -0.05) is 6.92 Å². The molecule has 2 aromatic rings. The van der Waals surface area contributed by atoms with Crippen LogP contribution in [0.1, 0.15) is 31.1 Å². The molecule has 3 unspecified atom stereocenters. The quantitative estimate of drug-likeness (QED) is 0.944. The van der Waals surface area contributed by atoms with Gasteiger partial charge in [0.2, 0.25) is 0 Å². The van der Waals surface area contributed by atoms with Gasteiger partial charge in [0.05, 0.1) is 11.3 Å². The van der Waals surface area contributed by atoms with E-state index in [1.54, 1.807) is 17.7 Å². The molecule has 2 aromatic heterocycles. The summed E-state index contributed by atoms with van der Waals surface area (Å²) in [5.74, 6) is 0.0160. The van der Waals surface area contributed by atoms with Gasteiger partial charge in [0.1, 0.15) is 17.0 Å². The van der Waals surface area contributed by atoms with Crippen molar-refractivity contribution < 1.29 is 9.90 Å². The summed E-state index contributed by atoms with van der Waals surface area (Å²) in [7, 11) is 0. The fourth-order valence-electron chi connectivity index (χ4n) is 3.86. The monoisotopic (exact) mass is 303 g/mol. The van der Waals surface area contributed by atoms with E-state index in [1.165, 1.54) is 4.88 Å². The largest absolute Gasteiger partial charge is 0.481 e. The Labute approximate surface area is 126 Å². The molecule has 4 heterocycles. The van der Waals surface area contributed by atoms with Crippen molar-refractivity contribution in [3.63, 3.8) is 0 Å². The number of aliphatic carboxylic acids is 1. The number of fused-ring (bicyclic) bond motifs is 3. The van der Waals surface area contributed by atoms with Gasteiger partial charge in [-0.2, -0.15) is 0 Å². The molecule has 2 saturated heterocycles. The number of rotatable bonds is 3. The van der Waals surface area contributed by atoms with E-state index in [4.69, 9.17) is 0 Å². The second kappa shape index (κ2) is 4.66. The number of aryl methyl sites for hydroxylation is 1. The Morgan fingerprint density at radius 1 is 1.48 bits per heavy atom. The van der Waals surface area contributed by atoms with E-state index >= 15 is 0 Å². The molecule has 2 bridgehead atoms. The first kappa shape index (κ1) is 13.0. The standard InChI is InChI=1S/C15H17N3O2S/c1-2-9-6-11-13(16-7-17-14(11)21-9)18-8-3-4-12(18)10(5-8)15(19)20/h6-8,10,12H,2-5H2,1H3,(H,19,20). The van der Waals surface area contributed by atoms with E-state index in [1.807, 2.05) is 0 Å². The van der Waals surface area contributed by atoms with E-state index in [9.17, 15) is 9.90 Å². The number of thiophene rings is 1. The highest BCUT2D eigenvalue weighted by atomic mass is 32.1. The van der Waals surface area contributed by atoms with Crippen LogP contribution >= 0.6 is 11.3 Å². The summed E-state index contributed by atoms with van der Waals surface area (Å²) in [4.78, 5) is 24.9. The van der Waals surface area contributed by atoms with Crippen LogP contribution in [0.2, 0.25) is 0 Å². The van der Waals surface area contributed by atoms with Crippen molar-refractivity contribution in [2.75, 3.05) is 4.90 Å². The first-order valence-corrected chi connectivity index (χ1v) is 8.25. The van der Waals surface area contributed by atoms with Gasteiger partial charge in [0.25, 0.3) is 0 Å². The van der Waals surface area contributed by atoms with Crippen LogP contribution in [0.5, 0.6) is 0 Å². The number of hydrogen-bond acceptors (Lipinski definition) is 5. The van der Waals surface area contributed by atoms with Crippen LogP contribution in [0.3, 0.4) is 0 Å². The van der Waals surface area contributed by atoms with Crippen molar-refractivity contribution in [3.8, 4) is 0 Å². The topological polar surface area (TPSA) is 66.3 Å². The molecule has 2 aliphatic rings. The third kappa shape index (κ3) is 1.85. The molecule has 0 spiro atoms. The van der Waals surface area contributed by atoms with Gasteiger partial charge < -0.3 is 10.0 Å². The number of anilines is 1. The lowest BCUT2D eigenvalue weighted by atomic mass is 9.89. The average molecular weight is 303 g/mol. The predicted molar refractivity (Wildman–Crippen MR) is 81.8 cm³/mol. The third-order valence-corrected chi connectivity index (χ3v) is 5.99.